The molecule has 0 aliphatic heterocycles. The predicted octanol–water partition coefficient (Wildman–Crippen LogP) is -1.05. The van der Waals surface area contributed by atoms with Crippen molar-refractivity contribution in [1.29, 1.82) is 0 Å². The molecule has 5 heteroatoms. The van der Waals surface area contributed by atoms with Gasteiger partial charge < -0.3 is 15.1 Å². The Kier molecular flexibility index (Phi) is 1.95. The van der Waals surface area contributed by atoms with Gasteiger partial charge in [-0.25, -0.2) is 4.39 Å². The number of hydrogen-bond acceptors (Lipinski definition) is 3. The Balaban J connectivity index is 3.14. The van der Waals surface area contributed by atoms with Crippen molar-refractivity contribution in [2.75, 3.05) is 0 Å². The van der Waals surface area contributed by atoms with Crippen molar-refractivity contribution in [2.45, 2.75) is 0 Å². The third-order valence-corrected chi connectivity index (χ3v) is 1.32. The molecule has 0 bridgehead atoms. The van der Waals surface area contributed by atoms with Gasteiger partial charge in [-0.1, -0.05) is 23.7 Å². The van der Waals surface area contributed by atoms with E-state index < -0.39 is 18.0 Å². The number of benzene rings is 1. The highest BCUT2D eigenvalue weighted by atomic mass is 19.1. The third-order valence-electron chi connectivity index (χ3n) is 1.32. The van der Waals surface area contributed by atoms with Gasteiger partial charge in [-0.3, -0.25) is 0 Å². The van der Waals surface area contributed by atoms with Crippen LogP contribution in [0.15, 0.2) is 24.3 Å². The molecule has 1 aromatic carbocycles. The molecule has 0 radical (unpaired) electrons. The van der Waals surface area contributed by atoms with Crippen LogP contribution in [0.2, 0.25) is 0 Å². The van der Waals surface area contributed by atoms with E-state index in [2.05, 4.69) is 0 Å². The molecule has 0 amide bonds. The zero-order chi connectivity index (χ0) is 8.48. The molecule has 60 valence electrons. The summed E-state index contributed by atoms with van der Waals surface area (Å²) in [5.41, 5.74) is -0.493. The van der Waals surface area contributed by atoms with Crippen molar-refractivity contribution in [3.8, 4) is 0 Å². The lowest BCUT2D eigenvalue weighted by Crippen LogP contribution is -2.50. The summed E-state index contributed by atoms with van der Waals surface area (Å²) in [5, 5.41) is 25.8. The summed E-state index contributed by atoms with van der Waals surface area (Å²) < 4.78 is 12.6. The summed E-state index contributed by atoms with van der Waals surface area (Å²) in [6.45, 7) is -3.70. The molecule has 0 aromatic heterocycles. The fourth-order valence-electron chi connectivity index (χ4n) is 0.789. The van der Waals surface area contributed by atoms with E-state index in [1.165, 1.54) is 12.1 Å². The van der Waals surface area contributed by atoms with Crippen molar-refractivity contribution >= 4 is 12.2 Å². The molecule has 0 atom stereocenters. The number of hydrogen-bond donors (Lipinski definition) is 3. The van der Waals surface area contributed by atoms with E-state index in [0.717, 1.165) is 12.1 Å². The predicted molar refractivity (Wildman–Crippen MR) is 38.4 cm³/mol. The summed E-state index contributed by atoms with van der Waals surface area (Å²) >= 11 is 0. The fraction of sp³-hybridized carbons (Fsp3) is 0. The summed E-state index contributed by atoms with van der Waals surface area (Å²) in [6, 6.07) is 4.93. The van der Waals surface area contributed by atoms with E-state index in [1.807, 2.05) is 0 Å². The van der Waals surface area contributed by atoms with Gasteiger partial charge in [0.15, 0.2) is 0 Å². The maximum Gasteiger partial charge on any atom is 0.405 e. The fourth-order valence-corrected chi connectivity index (χ4v) is 0.789. The normalized spacial score (nSPS) is 11.6. The Morgan fingerprint density at radius 1 is 1.09 bits per heavy atom. The van der Waals surface area contributed by atoms with Gasteiger partial charge in [0.2, 0.25) is 0 Å². The molecule has 3 N–H and O–H groups in total. The first-order valence-electron chi connectivity index (χ1n) is 3.08. The molecular weight excluding hydrogens is 150 g/mol. The van der Waals surface area contributed by atoms with Crippen LogP contribution >= 0.6 is 0 Å². The van der Waals surface area contributed by atoms with Gasteiger partial charge in [0.1, 0.15) is 0 Å². The van der Waals surface area contributed by atoms with E-state index in [0.29, 0.717) is 0 Å². The minimum absolute atomic E-state index is 0.493. The van der Waals surface area contributed by atoms with Gasteiger partial charge >= 0.3 is 6.75 Å². The van der Waals surface area contributed by atoms with Gasteiger partial charge in [-0.15, -0.1) is 0 Å². The molecule has 0 fully saturated rings. The molecule has 0 spiro atoms. The van der Waals surface area contributed by atoms with Crippen molar-refractivity contribution < 1.29 is 19.5 Å². The lowest BCUT2D eigenvalue weighted by Gasteiger charge is -2.21. The van der Waals surface area contributed by atoms with Crippen molar-refractivity contribution in [3.63, 3.8) is 0 Å². The number of rotatable bonds is 1. The van der Waals surface area contributed by atoms with Crippen LogP contribution in [-0.4, -0.2) is 21.8 Å². The second-order valence-electron chi connectivity index (χ2n) is 2.26. The van der Waals surface area contributed by atoms with Crippen LogP contribution in [0.25, 0.3) is 0 Å². The molecule has 0 aliphatic carbocycles. The average Bonchev–Trinajstić information content (AvgIpc) is 1.86. The summed E-state index contributed by atoms with van der Waals surface area (Å²) in [5.74, 6) is -0.833. The number of halogens is 1. The Hall–Kier alpha value is -0.905. The first kappa shape index (κ1) is 8.19. The molecule has 11 heavy (non-hydrogen) atoms. The lowest BCUT2D eigenvalue weighted by atomic mass is 9.71. The van der Waals surface area contributed by atoms with Gasteiger partial charge in [-0.05, 0) is 6.07 Å². The second-order valence-corrected chi connectivity index (χ2v) is 2.26. The largest absolute Gasteiger partial charge is 0.556 e. The summed E-state index contributed by atoms with van der Waals surface area (Å²) in [6.07, 6.45) is 0. The Labute approximate surface area is 62.7 Å². The van der Waals surface area contributed by atoms with Gasteiger partial charge in [0, 0.05) is 0 Å². The molecule has 3 nitrogen and oxygen atoms in total. The molecule has 0 heterocycles. The quantitative estimate of drug-likeness (QED) is 0.455. The average molecular weight is 157 g/mol. The van der Waals surface area contributed by atoms with Crippen LogP contribution in [-0.2, 0) is 0 Å². The molecule has 0 saturated carbocycles. The zero-order valence-corrected chi connectivity index (χ0v) is 5.61. The van der Waals surface area contributed by atoms with Crippen LogP contribution in [0.4, 0.5) is 4.39 Å². The Morgan fingerprint density at radius 2 is 1.64 bits per heavy atom. The second kappa shape index (κ2) is 2.62. The van der Waals surface area contributed by atoms with E-state index in [9.17, 15) is 4.39 Å². The van der Waals surface area contributed by atoms with Crippen LogP contribution in [0.5, 0.6) is 0 Å². The maximum absolute atomic E-state index is 12.6. The highest BCUT2D eigenvalue weighted by Gasteiger charge is 2.20. The van der Waals surface area contributed by atoms with Crippen LogP contribution in [0.1, 0.15) is 0 Å². The van der Waals surface area contributed by atoms with E-state index in [4.69, 9.17) is 15.1 Å². The molecule has 1 aromatic rings. The molecule has 0 saturated heterocycles. The van der Waals surface area contributed by atoms with Crippen molar-refractivity contribution in [1.82, 2.24) is 0 Å². The van der Waals surface area contributed by atoms with Crippen LogP contribution in [0.3, 0.4) is 0 Å². The highest BCUT2D eigenvalue weighted by molar-refractivity contribution is 6.71. The highest BCUT2D eigenvalue weighted by Crippen LogP contribution is 1.97. The van der Waals surface area contributed by atoms with Gasteiger partial charge in [-0.2, -0.15) is 0 Å². The maximum atomic E-state index is 12.6. The standard InChI is InChI=1S/C6H7BFO3/c8-6-4-2-1-3-5(6)7(9,10)11/h1-4,9-11H/q-1. The van der Waals surface area contributed by atoms with Crippen molar-refractivity contribution in [2.24, 2.45) is 0 Å². The molecule has 1 rings (SSSR count). The lowest BCUT2D eigenvalue weighted by molar-refractivity contribution is 0.248. The summed E-state index contributed by atoms with van der Waals surface area (Å²) in [4.78, 5) is 0. The first-order chi connectivity index (χ1) is 5.02. The van der Waals surface area contributed by atoms with Gasteiger partial charge in [0.05, 0.1) is 5.82 Å². The minimum Gasteiger partial charge on any atom is -0.556 e. The van der Waals surface area contributed by atoms with Gasteiger partial charge in [0.25, 0.3) is 0 Å². The zero-order valence-electron chi connectivity index (χ0n) is 5.61. The van der Waals surface area contributed by atoms with E-state index in [1.54, 1.807) is 0 Å². The third kappa shape index (κ3) is 1.77. The van der Waals surface area contributed by atoms with E-state index in [-0.39, 0.29) is 0 Å². The SMILES string of the molecule is O[B-](O)(O)c1ccccc1F. The Bertz CT molecular complexity index is 258. The van der Waals surface area contributed by atoms with Crippen LogP contribution in [0, 0.1) is 5.82 Å². The minimum atomic E-state index is -3.70. The topological polar surface area (TPSA) is 60.7 Å². The molecular formula is C6H7BFO3-. The molecule has 0 aliphatic rings. The first-order valence-corrected chi connectivity index (χ1v) is 3.08. The summed E-state index contributed by atoms with van der Waals surface area (Å²) in [7, 11) is 0. The molecule has 0 unspecified atom stereocenters. The monoisotopic (exact) mass is 157 g/mol. The Morgan fingerprint density at radius 3 is 2.00 bits per heavy atom. The smallest absolute Gasteiger partial charge is 0.405 e. The van der Waals surface area contributed by atoms with Crippen LogP contribution < -0.4 is 5.46 Å². The van der Waals surface area contributed by atoms with Crippen molar-refractivity contribution in [3.05, 3.63) is 30.1 Å². The van der Waals surface area contributed by atoms with E-state index >= 15 is 0 Å².